The van der Waals surface area contributed by atoms with Gasteiger partial charge in [0.05, 0.1) is 0 Å². The Morgan fingerprint density at radius 3 is 2.74 bits per heavy atom. The van der Waals surface area contributed by atoms with Gasteiger partial charge >= 0.3 is 0 Å². The zero-order chi connectivity index (χ0) is 21.6. The number of hydrogen-bond acceptors (Lipinski definition) is 6. The van der Waals surface area contributed by atoms with Crippen molar-refractivity contribution in [1.82, 2.24) is 19.7 Å². The smallest absolute Gasteiger partial charge is 0.227 e. The molecule has 1 unspecified atom stereocenters. The summed E-state index contributed by atoms with van der Waals surface area (Å²) in [7, 11) is 0. The molecule has 1 aliphatic carbocycles. The quantitative estimate of drug-likeness (QED) is 0.544. The molecule has 3 aromatic rings. The van der Waals surface area contributed by atoms with Crippen molar-refractivity contribution < 1.29 is 4.79 Å². The number of fused-ring (bicyclic) bond motifs is 1. The SMILES string of the molecule is CC1(C)CC(=O)C2=C(C1)Nc1nc(SCc3ccccc3Cl)nn1C2c1ccncc1. The summed E-state index contributed by atoms with van der Waals surface area (Å²) in [6.45, 7) is 4.25. The molecule has 0 radical (unpaired) electrons. The molecule has 0 saturated carbocycles. The number of anilines is 1. The Morgan fingerprint density at radius 1 is 1.19 bits per heavy atom. The second-order valence-corrected chi connectivity index (χ2v) is 10.0. The Labute approximate surface area is 190 Å². The summed E-state index contributed by atoms with van der Waals surface area (Å²) < 4.78 is 1.83. The fourth-order valence-electron chi connectivity index (χ4n) is 4.26. The van der Waals surface area contributed by atoms with E-state index >= 15 is 0 Å². The van der Waals surface area contributed by atoms with Crippen LogP contribution in [0.15, 0.2) is 65.2 Å². The fourth-order valence-corrected chi connectivity index (χ4v) is 5.38. The molecule has 2 aliphatic rings. The van der Waals surface area contributed by atoms with E-state index in [1.54, 1.807) is 12.4 Å². The van der Waals surface area contributed by atoms with Crippen LogP contribution in [0.4, 0.5) is 5.95 Å². The van der Waals surface area contributed by atoms with Crippen molar-refractivity contribution in [1.29, 1.82) is 0 Å². The van der Waals surface area contributed by atoms with E-state index in [0.29, 0.717) is 23.3 Å². The Balaban J connectivity index is 1.52. The van der Waals surface area contributed by atoms with Gasteiger partial charge in [-0.25, -0.2) is 4.68 Å². The first-order valence-corrected chi connectivity index (χ1v) is 11.5. The van der Waals surface area contributed by atoms with Gasteiger partial charge < -0.3 is 5.32 Å². The summed E-state index contributed by atoms with van der Waals surface area (Å²) in [6, 6.07) is 11.4. The summed E-state index contributed by atoms with van der Waals surface area (Å²) in [5.41, 5.74) is 3.66. The highest BCUT2D eigenvalue weighted by Crippen LogP contribution is 2.45. The highest BCUT2D eigenvalue weighted by Gasteiger charge is 2.41. The molecule has 1 aliphatic heterocycles. The first-order valence-electron chi connectivity index (χ1n) is 10.2. The van der Waals surface area contributed by atoms with Crippen molar-refractivity contribution in [2.24, 2.45) is 5.41 Å². The van der Waals surface area contributed by atoms with Crippen LogP contribution >= 0.6 is 23.4 Å². The minimum atomic E-state index is -0.306. The average Bonchev–Trinajstić information content (AvgIpc) is 3.14. The lowest BCUT2D eigenvalue weighted by molar-refractivity contribution is -0.118. The van der Waals surface area contributed by atoms with Gasteiger partial charge in [-0.2, -0.15) is 4.98 Å². The van der Waals surface area contributed by atoms with E-state index in [-0.39, 0.29) is 17.2 Å². The molecular formula is C23H22ClN5OS. The Bertz CT molecular complexity index is 1190. The number of benzene rings is 1. The Hall–Kier alpha value is -2.64. The number of Topliss-reactive ketones (excluding diaryl/α,β-unsaturated/α-hetero) is 1. The minimum absolute atomic E-state index is 0.0878. The predicted octanol–water partition coefficient (Wildman–Crippen LogP) is 5.28. The fraction of sp³-hybridized carbons (Fsp3) is 0.304. The lowest BCUT2D eigenvalue weighted by atomic mass is 9.73. The van der Waals surface area contributed by atoms with E-state index in [1.165, 1.54) is 11.8 Å². The maximum absolute atomic E-state index is 13.2. The maximum Gasteiger partial charge on any atom is 0.227 e. The van der Waals surface area contributed by atoms with Crippen molar-refractivity contribution >= 4 is 35.1 Å². The van der Waals surface area contributed by atoms with Crippen LogP contribution in [-0.4, -0.2) is 25.5 Å². The van der Waals surface area contributed by atoms with E-state index in [4.69, 9.17) is 21.7 Å². The van der Waals surface area contributed by atoms with Crippen LogP contribution in [0.5, 0.6) is 0 Å². The van der Waals surface area contributed by atoms with Crippen molar-refractivity contribution in [2.45, 2.75) is 43.6 Å². The van der Waals surface area contributed by atoms with Crippen LogP contribution in [0, 0.1) is 5.41 Å². The number of halogens is 1. The third-order valence-electron chi connectivity index (χ3n) is 5.65. The molecule has 0 fully saturated rings. The normalized spacial score (nSPS) is 19.6. The van der Waals surface area contributed by atoms with Gasteiger partial charge in [-0.1, -0.05) is 55.4 Å². The maximum atomic E-state index is 13.2. The lowest BCUT2D eigenvalue weighted by Crippen LogP contribution is -2.36. The van der Waals surface area contributed by atoms with Gasteiger partial charge in [-0.05, 0) is 41.2 Å². The number of ketones is 1. The van der Waals surface area contributed by atoms with E-state index in [1.807, 2.05) is 41.1 Å². The zero-order valence-corrected chi connectivity index (χ0v) is 18.9. The lowest BCUT2D eigenvalue weighted by Gasteiger charge is -2.38. The molecule has 0 bridgehead atoms. The Morgan fingerprint density at radius 2 is 1.97 bits per heavy atom. The van der Waals surface area contributed by atoms with Gasteiger partial charge in [0.25, 0.3) is 0 Å². The van der Waals surface area contributed by atoms with Gasteiger partial charge in [0.15, 0.2) is 5.78 Å². The summed E-state index contributed by atoms with van der Waals surface area (Å²) in [4.78, 5) is 22.1. The predicted molar refractivity (Wildman–Crippen MR) is 122 cm³/mol. The number of hydrogen-bond donors (Lipinski definition) is 1. The van der Waals surface area contributed by atoms with Gasteiger partial charge in [0.1, 0.15) is 6.04 Å². The van der Waals surface area contributed by atoms with Gasteiger partial charge in [-0.15, -0.1) is 5.10 Å². The van der Waals surface area contributed by atoms with Crippen LogP contribution in [0.3, 0.4) is 0 Å². The van der Waals surface area contributed by atoms with Crippen molar-refractivity contribution in [3.63, 3.8) is 0 Å². The third kappa shape index (κ3) is 3.88. The number of pyridine rings is 1. The van der Waals surface area contributed by atoms with Crippen LogP contribution in [-0.2, 0) is 10.5 Å². The molecule has 1 N–H and O–H groups in total. The minimum Gasteiger partial charge on any atom is -0.328 e. The molecule has 1 aromatic carbocycles. The number of thioether (sulfide) groups is 1. The number of nitrogens with one attached hydrogen (secondary N) is 1. The first-order chi connectivity index (χ1) is 14.9. The zero-order valence-electron chi connectivity index (χ0n) is 17.3. The molecule has 2 aromatic heterocycles. The van der Waals surface area contributed by atoms with Crippen molar-refractivity contribution in [2.75, 3.05) is 5.32 Å². The molecule has 1 atom stereocenters. The van der Waals surface area contributed by atoms with Gasteiger partial charge in [0, 0.05) is 40.9 Å². The third-order valence-corrected chi connectivity index (χ3v) is 6.90. The molecular weight excluding hydrogens is 430 g/mol. The summed E-state index contributed by atoms with van der Waals surface area (Å²) >= 11 is 7.83. The molecule has 0 amide bonds. The number of nitrogens with zero attached hydrogens (tertiary/aromatic N) is 4. The van der Waals surface area contributed by atoms with E-state index < -0.39 is 0 Å². The standard InChI is InChI=1S/C23H22ClN5OS/c1-23(2)11-17-19(18(30)12-23)20(14-7-9-25-10-8-14)29-21(26-17)27-22(28-29)31-13-15-5-3-4-6-16(15)24/h3-10,20H,11-13H2,1-2H3,(H,26,27,28). The van der Waals surface area contributed by atoms with Crippen molar-refractivity contribution in [3.8, 4) is 0 Å². The summed E-state index contributed by atoms with van der Waals surface area (Å²) in [5, 5.41) is 9.56. The number of carbonyl (C=O) groups is 1. The molecule has 0 saturated heterocycles. The first kappa shape index (κ1) is 20.3. The van der Waals surface area contributed by atoms with Crippen LogP contribution in [0.2, 0.25) is 5.02 Å². The molecule has 3 heterocycles. The monoisotopic (exact) mass is 451 g/mol. The number of rotatable bonds is 4. The van der Waals surface area contributed by atoms with E-state index in [0.717, 1.165) is 33.8 Å². The van der Waals surface area contributed by atoms with Crippen LogP contribution in [0.1, 0.15) is 43.9 Å². The average molecular weight is 452 g/mol. The van der Waals surface area contributed by atoms with Crippen LogP contribution in [0.25, 0.3) is 0 Å². The molecule has 31 heavy (non-hydrogen) atoms. The highest BCUT2D eigenvalue weighted by molar-refractivity contribution is 7.98. The number of aromatic nitrogens is 4. The summed E-state index contributed by atoms with van der Waals surface area (Å²) in [6.07, 6.45) is 4.81. The highest BCUT2D eigenvalue weighted by atomic mass is 35.5. The molecule has 158 valence electrons. The van der Waals surface area contributed by atoms with Crippen LogP contribution < -0.4 is 5.32 Å². The Kier molecular flexibility index (Phi) is 5.10. The molecule has 8 heteroatoms. The van der Waals surface area contributed by atoms with E-state index in [9.17, 15) is 4.79 Å². The van der Waals surface area contributed by atoms with E-state index in [2.05, 4.69) is 24.1 Å². The largest absolute Gasteiger partial charge is 0.328 e. The second-order valence-electron chi connectivity index (χ2n) is 8.68. The second kappa shape index (κ2) is 7.80. The van der Waals surface area contributed by atoms with Crippen molar-refractivity contribution in [3.05, 3.63) is 76.2 Å². The summed E-state index contributed by atoms with van der Waals surface area (Å²) in [5.74, 6) is 1.49. The molecule has 5 rings (SSSR count). The van der Waals surface area contributed by atoms with Gasteiger partial charge in [0.2, 0.25) is 11.1 Å². The number of allylic oxidation sites excluding steroid dienone is 2. The molecule has 0 spiro atoms. The molecule has 6 nitrogen and oxygen atoms in total. The number of carbonyl (C=O) groups excluding carboxylic acids is 1. The van der Waals surface area contributed by atoms with Gasteiger partial charge in [-0.3, -0.25) is 9.78 Å². The topological polar surface area (TPSA) is 72.7 Å².